The zero-order valence-electron chi connectivity index (χ0n) is 11.6. The topological polar surface area (TPSA) is 26.0 Å². The summed E-state index contributed by atoms with van der Waals surface area (Å²) in [5, 5.41) is 0.497. The summed E-state index contributed by atoms with van der Waals surface area (Å²) in [7, 11) is 0. The molecule has 1 nitrogen and oxygen atoms in total. The number of nitrogens with two attached hydrogens (primary N) is 1. The van der Waals surface area contributed by atoms with Crippen molar-refractivity contribution in [1.82, 2.24) is 0 Å². The average Bonchev–Trinajstić information content (AvgIpc) is 2.47. The van der Waals surface area contributed by atoms with Crippen LogP contribution in [0.5, 0.6) is 0 Å². The Kier molecular flexibility index (Phi) is 5.16. The summed E-state index contributed by atoms with van der Waals surface area (Å²) in [5.74, 6) is -0.322. The molecule has 0 heterocycles. The van der Waals surface area contributed by atoms with Gasteiger partial charge < -0.3 is 5.73 Å². The van der Waals surface area contributed by atoms with E-state index in [-0.39, 0.29) is 5.82 Å². The molecule has 2 aromatic carbocycles. The number of unbranched alkanes of at least 4 members (excludes halogenated alkanes) is 1. The van der Waals surface area contributed by atoms with E-state index < -0.39 is 6.04 Å². The zero-order valence-corrected chi connectivity index (χ0v) is 12.3. The fourth-order valence-electron chi connectivity index (χ4n) is 2.21. The minimum absolute atomic E-state index is 0.322. The second-order valence-corrected chi connectivity index (χ2v) is 5.43. The molecule has 0 aliphatic heterocycles. The lowest BCUT2D eigenvalue weighted by Gasteiger charge is -2.14. The zero-order chi connectivity index (χ0) is 14.5. The minimum Gasteiger partial charge on any atom is -0.320 e. The molecule has 0 saturated heterocycles. The maximum atomic E-state index is 13.8. The van der Waals surface area contributed by atoms with Crippen LogP contribution in [0.25, 0.3) is 0 Å². The maximum Gasteiger partial charge on any atom is 0.128 e. The van der Waals surface area contributed by atoms with E-state index in [4.69, 9.17) is 17.3 Å². The first-order valence-corrected chi connectivity index (χ1v) is 7.29. The van der Waals surface area contributed by atoms with Gasteiger partial charge in [0, 0.05) is 10.6 Å². The van der Waals surface area contributed by atoms with Gasteiger partial charge in [0.05, 0.1) is 6.04 Å². The normalized spacial score (nSPS) is 12.4. The SMILES string of the molecule is CCCCc1ccc(C(N)c2cc(Cl)ccc2F)cc1. The van der Waals surface area contributed by atoms with Gasteiger partial charge in [-0.2, -0.15) is 0 Å². The van der Waals surface area contributed by atoms with Crippen LogP contribution >= 0.6 is 11.6 Å². The van der Waals surface area contributed by atoms with E-state index in [0.717, 1.165) is 12.0 Å². The predicted molar refractivity (Wildman–Crippen MR) is 82.5 cm³/mol. The fourth-order valence-corrected chi connectivity index (χ4v) is 2.39. The van der Waals surface area contributed by atoms with Crippen molar-refractivity contribution in [3.05, 3.63) is 70.0 Å². The summed E-state index contributed by atoms with van der Waals surface area (Å²) in [4.78, 5) is 0. The fraction of sp³-hybridized carbons (Fsp3) is 0.294. The van der Waals surface area contributed by atoms with Crippen LogP contribution in [0.15, 0.2) is 42.5 Å². The maximum absolute atomic E-state index is 13.8. The molecule has 1 unspecified atom stereocenters. The Hall–Kier alpha value is -1.38. The van der Waals surface area contributed by atoms with Crippen molar-refractivity contribution >= 4 is 11.6 Å². The van der Waals surface area contributed by atoms with Gasteiger partial charge in [-0.3, -0.25) is 0 Å². The van der Waals surface area contributed by atoms with Crippen LogP contribution < -0.4 is 5.73 Å². The molecule has 0 fully saturated rings. The van der Waals surface area contributed by atoms with Crippen molar-refractivity contribution in [3.63, 3.8) is 0 Å². The molecule has 0 spiro atoms. The first-order valence-electron chi connectivity index (χ1n) is 6.91. The third-order valence-corrected chi connectivity index (χ3v) is 3.69. The summed E-state index contributed by atoms with van der Waals surface area (Å²) >= 11 is 5.91. The van der Waals surface area contributed by atoms with Crippen molar-refractivity contribution in [2.75, 3.05) is 0 Å². The van der Waals surface area contributed by atoms with E-state index in [0.29, 0.717) is 10.6 Å². The van der Waals surface area contributed by atoms with E-state index in [2.05, 4.69) is 19.1 Å². The second-order valence-electron chi connectivity index (χ2n) is 4.99. The monoisotopic (exact) mass is 291 g/mol. The van der Waals surface area contributed by atoms with Crippen LogP contribution in [0.1, 0.15) is 42.5 Å². The van der Waals surface area contributed by atoms with Gasteiger partial charge in [-0.25, -0.2) is 4.39 Å². The van der Waals surface area contributed by atoms with Gasteiger partial charge in [0.15, 0.2) is 0 Å². The molecule has 0 aliphatic rings. The van der Waals surface area contributed by atoms with E-state index >= 15 is 0 Å². The molecule has 0 amide bonds. The predicted octanol–water partition coefficient (Wildman–Crippen LogP) is 4.87. The van der Waals surface area contributed by atoms with Crippen LogP contribution in [0.3, 0.4) is 0 Å². The highest BCUT2D eigenvalue weighted by Crippen LogP contribution is 2.25. The molecule has 2 rings (SSSR count). The van der Waals surface area contributed by atoms with Gasteiger partial charge in [0.25, 0.3) is 0 Å². The number of benzene rings is 2. The molecule has 2 aromatic rings. The van der Waals surface area contributed by atoms with Gasteiger partial charge in [0.1, 0.15) is 5.82 Å². The molecule has 1 atom stereocenters. The van der Waals surface area contributed by atoms with E-state index in [9.17, 15) is 4.39 Å². The first-order chi connectivity index (χ1) is 9.61. The molecular formula is C17H19ClFN. The summed E-state index contributed by atoms with van der Waals surface area (Å²) < 4.78 is 13.8. The van der Waals surface area contributed by atoms with Gasteiger partial charge in [0.2, 0.25) is 0 Å². The van der Waals surface area contributed by atoms with Crippen molar-refractivity contribution in [1.29, 1.82) is 0 Å². The van der Waals surface area contributed by atoms with Crippen molar-refractivity contribution in [2.24, 2.45) is 5.73 Å². The van der Waals surface area contributed by atoms with Crippen molar-refractivity contribution in [3.8, 4) is 0 Å². The molecule has 0 saturated carbocycles. The highest BCUT2D eigenvalue weighted by molar-refractivity contribution is 6.30. The standard InChI is InChI=1S/C17H19ClFN/c1-2-3-4-12-5-7-13(8-6-12)17(20)15-11-14(18)9-10-16(15)19/h5-11,17H,2-4,20H2,1H3. The average molecular weight is 292 g/mol. The highest BCUT2D eigenvalue weighted by Gasteiger charge is 2.14. The summed E-state index contributed by atoms with van der Waals surface area (Å²) in [6.45, 7) is 2.17. The Morgan fingerprint density at radius 1 is 1.15 bits per heavy atom. The molecule has 0 aromatic heterocycles. The third kappa shape index (κ3) is 3.59. The number of rotatable bonds is 5. The third-order valence-electron chi connectivity index (χ3n) is 3.45. The smallest absolute Gasteiger partial charge is 0.128 e. The van der Waals surface area contributed by atoms with Crippen LogP contribution in [0.2, 0.25) is 5.02 Å². The largest absolute Gasteiger partial charge is 0.320 e. The Bertz CT molecular complexity index is 566. The highest BCUT2D eigenvalue weighted by atomic mass is 35.5. The van der Waals surface area contributed by atoms with Gasteiger partial charge in [-0.05, 0) is 42.2 Å². The molecule has 0 aliphatic carbocycles. The summed E-state index contributed by atoms with van der Waals surface area (Å²) in [6, 6.07) is 12.0. The van der Waals surface area contributed by atoms with Crippen molar-refractivity contribution < 1.29 is 4.39 Å². The molecule has 0 bridgehead atoms. The number of aryl methyl sites for hydroxylation is 1. The molecular weight excluding hydrogens is 273 g/mol. The Morgan fingerprint density at radius 3 is 2.50 bits per heavy atom. The van der Waals surface area contributed by atoms with Crippen LogP contribution in [0.4, 0.5) is 4.39 Å². The van der Waals surface area contributed by atoms with Crippen LogP contribution in [-0.4, -0.2) is 0 Å². The quantitative estimate of drug-likeness (QED) is 0.835. The Balaban J connectivity index is 2.20. The number of halogens is 2. The van der Waals surface area contributed by atoms with Gasteiger partial charge in [-0.15, -0.1) is 0 Å². The minimum atomic E-state index is -0.492. The Morgan fingerprint density at radius 2 is 1.85 bits per heavy atom. The molecule has 0 radical (unpaired) electrons. The van der Waals surface area contributed by atoms with Gasteiger partial charge in [-0.1, -0.05) is 49.2 Å². The lowest BCUT2D eigenvalue weighted by atomic mass is 9.97. The molecule has 106 valence electrons. The lowest BCUT2D eigenvalue weighted by molar-refractivity contribution is 0.599. The lowest BCUT2D eigenvalue weighted by Crippen LogP contribution is -2.13. The van der Waals surface area contributed by atoms with Crippen LogP contribution in [0, 0.1) is 5.82 Å². The Labute approximate surface area is 124 Å². The number of hydrogen-bond acceptors (Lipinski definition) is 1. The molecule has 2 N–H and O–H groups in total. The molecule has 20 heavy (non-hydrogen) atoms. The van der Waals surface area contributed by atoms with E-state index in [1.807, 2.05) is 12.1 Å². The summed E-state index contributed by atoms with van der Waals surface area (Å²) in [6.07, 6.45) is 3.42. The summed E-state index contributed by atoms with van der Waals surface area (Å²) in [5.41, 5.74) is 8.75. The van der Waals surface area contributed by atoms with Gasteiger partial charge >= 0.3 is 0 Å². The first kappa shape index (κ1) is 15.0. The molecule has 3 heteroatoms. The van der Waals surface area contributed by atoms with E-state index in [1.165, 1.54) is 30.5 Å². The number of hydrogen-bond donors (Lipinski definition) is 1. The van der Waals surface area contributed by atoms with E-state index in [1.54, 1.807) is 6.07 Å². The van der Waals surface area contributed by atoms with Crippen molar-refractivity contribution in [2.45, 2.75) is 32.2 Å². The van der Waals surface area contributed by atoms with Crippen LogP contribution in [-0.2, 0) is 6.42 Å². The second kappa shape index (κ2) is 6.87.